The summed E-state index contributed by atoms with van der Waals surface area (Å²) in [5.74, 6) is 0.405. The Bertz CT molecular complexity index is 1020. The summed E-state index contributed by atoms with van der Waals surface area (Å²) in [6.45, 7) is 7.27. The Morgan fingerprint density at radius 3 is 2.80 bits per heavy atom. The van der Waals surface area contributed by atoms with E-state index in [1.165, 1.54) is 12.0 Å². The number of carbonyl (C=O) groups excluding carboxylic acids is 1. The highest BCUT2D eigenvalue weighted by atomic mass is 16.4. The summed E-state index contributed by atoms with van der Waals surface area (Å²) < 4.78 is 0. The van der Waals surface area contributed by atoms with Crippen LogP contribution in [0.2, 0.25) is 0 Å². The van der Waals surface area contributed by atoms with Crippen molar-refractivity contribution >= 4 is 17.7 Å². The Morgan fingerprint density at radius 2 is 2.03 bits per heavy atom. The molecule has 0 radical (unpaired) electrons. The molecule has 2 atom stereocenters. The molecule has 7 heteroatoms. The number of fused-ring (bicyclic) bond motifs is 1. The molecule has 188 valence electrons. The van der Waals surface area contributed by atoms with Crippen molar-refractivity contribution in [2.45, 2.75) is 63.8 Å². The van der Waals surface area contributed by atoms with Crippen LogP contribution in [0.3, 0.4) is 0 Å². The Kier molecular flexibility index (Phi) is 8.06. The van der Waals surface area contributed by atoms with Gasteiger partial charge in [-0.1, -0.05) is 36.4 Å². The maximum absolute atomic E-state index is 12.9. The number of rotatable bonds is 10. The van der Waals surface area contributed by atoms with E-state index in [-0.39, 0.29) is 5.91 Å². The molecule has 35 heavy (non-hydrogen) atoms. The third-order valence-corrected chi connectivity index (χ3v) is 7.53. The van der Waals surface area contributed by atoms with Gasteiger partial charge >= 0.3 is 5.97 Å². The van der Waals surface area contributed by atoms with Gasteiger partial charge in [0.1, 0.15) is 11.9 Å². The summed E-state index contributed by atoms with van der Waals surface area (Å²) in [7, 11) is 0. The highest BCUT2D eigenvalue weighted by molar-refractivity contribution is 5.90. The lowest BCUT2D eigenvalue weighted by atomic mass is 9.83. The number of carbonyl (C=O) groups is 2. The number of hydrogen-bond acceptors (Lipinski definition) is 5. The minimum absolute atomic E-state index is 0.262. The number of nitrogens with one attached hydrogen (secondary N) is 2. The molecule has 2 aliphatic heterocycles. The van der Waals surface area contributed by atoms with E-state index in [0.29, 0.717) is 18.9 Å². The van der Waals surface area contributed by atoms with Gasteiger partial charge in [-0.2, -0.15) is 0 Å². The van der Waals surface area contributed by atoms with Crippen LogP contribution in [0.25, 0.3) is 0 Å². The number of nitrogens with zero attached hydrogens (tertiary/aromatic N) is 2. The smallest absolute Gasteiger partial charge is 0.326 e. The molecule has 3 heterocycles. The molecule has 2 unspecified atom stereocenters. The second-order valence-corrected chi connectivity index (χ2v) is 10.5. The first-order valence-electron chi connectivity index (χ1n) is 12.9. The monoisotopic (exact) mass is 478 g/mol. The predicted molar refractivity (Wildman–Crippen MR) is 138 cm³/mol. The highest BCUT2D eigenvalue weighted by Crippen LogP contribution is 2.25. The van der Waals surface area contributed by atoms with Crippen molar-refractivity contribution in [1.29, 1.82) is 0 Å². The van der Waals surface area contributed by atoms with E-state index < -0.39 is 17.4 Å². The van der Waals surface area contributed by atoms with Gasteiger partial charge in [0, 0.05) is 25.3 Å². The summed E-state index contributed by atoms with van der Waals surface area (Å²) in [5.41, 5.74) is 2.53. The molecule has 1 aromatic heterocycles. The number of aromatic nitrogens is 1. The number of carboxylic acid groups (broad SMARTS) is 1. The number of benzene rings is 1. The topological polar surface area (TPSA) is 94.6 Å². The zero-order valence-corrected chi connectivity index (χ0v) is 20.9. The SMILES string of the molecule is CC(C)(C(=O)NC(CCN1CCC(CCc2ccc3c(n2)NCCC3)C1)C(=O)O)c1ccccc1. The van der Waals surface area contributed by atoms with Gasteiger partial charge in [-0.05, 0) is 82.0 Å². The summed E-state index contributed by atoms with van der Waals surface area (Å²) in [6.07, 6.45) is 5.85. The van der Waals surface area contributed by atoms with E-state index in [4.69, 9.17) is 4.98 Å². The molecule has 3 N–H and O–H groups in total. The van der Waals surface area contributed by atoms with Gasteiger partial charge in [0.15, 0.2) is 0 Å². The van der Waals surface area contributed by atoms with E-state index in [2.05, 4.69) is 27.7 Å². The van der Waals surface area contributed by atoms with Crippen LogP contribution >= 0.6 is 0 Å². The molecule has 2 aromatic rings. The summed E-state index contributed by atoms with van der Waals surface area (Å²) >= 11 is 0. The molecular weight excluding hydrogens is 440 g/mol. The van der Waals surface area contributed by atoms with Crippen LogP contribution in [-0.4, -0.2) is 59.1 Å². The predicted octanol–water partition coefficient (Wildman–Crippen LogP) is 3.63. The number of hydrogen-bond donors (Lipinski definition) is 3. The van der Waals surface area contributed by atoms with Crippen molar-refractivity contribution in [1.82, 2.24) is 15.2 Å². The summed E-state index contributed by atoms with van der Waals surface area (Å²) in [4.78, 5) is 32.0. The van der Waals surface area contributed by atoms with Gasteiger partial charge in [0.2, 0.25) is 5.91 Å². The van der Waals surface area contributed by atoms with Crippen LogP contribution in [0.15, 0.2) is 42.5 Å². The van der Waals surface area contributed by atoms with Gasteiger partial charge < -0.3 is 20.6 Å². The largest absolute Gasteiger partial charge is 0.480 e. The first-order chi connectivity index (χ1) is 16.8. The number of likely N-dealkylation sites (tertiary alicyclic amines) is 1. The fourth-order valence-corrected chi connectivity index (χ4v) is 5.11. The van der Waals surface area contributed by atoms with Gasteiger partial charge in [-0.3, -0.25) is 4.79 Å². The summed E-state index contributed by atoms with van der Waals surface area (Å²) in [6, 6.07) is 13.0. The molecule has 1 aromatic carbocycles. The molecule has 0 bridgehead atoms. The molecule has 1 fully saturated rings. The minimum Gasteiger partial charge on any atom is -0.480 e. The molecule has 0 saturated carbocycles. The Morgan fingerprint density at radius 1 is 1.23 bits per heavy atom. The van der Waals surface area contributed by atoms with Crippen LogP contribution in [0.1, 0.15) is 56.4 Å². The zero-order valence-electron chi connectivity index (χ0n) is 20.9. The second kappa shape index (κ2) is 11.2. The Labute approximate surface area is 208 Å². The first-order valence-corrected chi connectivity index (χ1v) is 12.9. The third-order valence-electron chi connectivity index (χ3n) is 7.53. The number of aliphatic carboxylic acids is 1. The van der Waals surface area contributed by atoms with Gasteiger partial charge in [-0.15, -0.1) is 0 Å². The van der Waals surface area contributed by atoms with Crippen molar-refractivity contribution < 1.29 is 14.7 Å². The minimum atomic E-state index is -0.981. The van der Waals surface area contributed by atoms with E-state index >= 15 is 0 Å². The van der Waals surface area contributed by atoms with Crippen molar-refractivity contribution in [2.75, 3.05) is 31.5 Å². The van der Waals surface area contributed by atoms with Crippen LogP contribution in [0.4, 0.5) is 5.82 Å². The van der Waals surface area contributed by atoms with Crippen LogP contribution < -0.4 is 10.6 Å². The third kappa shape index (κ3) is 6.40. The molecule has 0 spiro atoms. The fraction of sp³-hybridized carbons (Fsp3) is 0.536. The molecule has 0 aliphatic carbocycles. The number of carboxylic acids is 1. The lowest BCUT2D eigenvalue weighted by Gasteiger charge is -2.27. The Balaban J connectivity index is 1.24. The van der Waals surface area contributed by atoms with Crippen molar-refractivity contribution in [2.24, 2.45) is 5.92 Å². The quantitative estimate of drug-likeness (QED) is 0.483. The van der Waals surface area contributed by atoms with Crippen molar-refractivity contribution in [3.63, 3.8) is 0 Å². The van der Waals surface area contributed by atoms with Crippen LogP contribution in [0.5, 0.6) is 0 Å². The molecule has 4 rings (SSSR count). The fourth-order valence-electron chi connectivity index (χ4n) is 5.11. The lowest BCUT2D eigenvalue weighted by Crippen LogP contribution is -2.49. The van der Waals surface area contributed by atoms with Gasteiger partial charge in [0.25, 0.3) is 0 Å². The first kappa shape index (κ1) is 25.2. The molecule has 2 aliphatic rings. The van der Waals surface area contributed by atoms with Crippen molar-refractivity contribution in [3.05, 3.63) is 59.3 Å². The van der Waals surface area contributed by atoms with Gasteiger partial charge in [-0.25, -0.2) is 9.78 Å². The zero-order chi connectivity index (χ0) is 24.8. The molecule has 1 amide bonds. The number of aryl methyl sites for hydroxylation is 2. The number of amides is 1. The normalized spacial score (nSPS) is 19.0. The Hall–Kier alpha value is -2.93. The van der Waals surface area contributed by atoms with Crippen molar-refractivity contribution in [3.8, 4) is 0 Å². The second-order valence-electron chi connectivity index (χ2n) is 10.5. The molecular formula is C28H38N4O3. The average molecular weight is 479 g/mol. The number of pyridine rings is 1. The maximum Gasteiger partial charge on any atom is 0.326 e. The van der Waals surface area contributed by atoms with E-state index in [9.17, 15) is 14.7 Å². The standard InChI is InChI=1S/C28H38N4O3/c1-28(2,22-8-4-3-5-9-22)27(35)31-24(26(33)34)15-18-32-17-14-20(19-32)10-12-23-13-11-21-7-6-16-29-25(21)30-23/h3-5,8-9,11,13,20,24H,6-7,10,12,14-19H2,1-2H3,(H,29,30)(H,31,35)(H,33,34). The van der Waals surface area contributed by atoms with Crippen LogP contribution in [-0.2, 0) is 27.8 Å². The lowest BCUT2D eigenvalue weighted by molar-refractivity contribution is -0.142. The average Bonchev–Trinajstić information content (AvgIpc) is 3.33. The maximum atomic E-state index is 12.9. The van der Waals surface area contributed by atoms with E-state index in [0.717, 1.165) is 62.4 Å². The highest BCUT2D eigenvalue weighted by Gasteiger charge is 2.33. The number of anilines is 1. The van der Waals surface area contributed by atoms with E-state index in [1.54, 1.807) is 0 Å². The summed E-state index contributed by atoms with van der Waals surface area (Å²) in [5, 5.41) is 15.9. The van der Waals surface area contributed by atoms with Gasteiger partial charge in [0.05, 0.1) is 5.41 Å². The van der Waals surface area contributed by atoms with Crippen LogP contribution in [0, 0.1) is 5.92 Å². The molecule has 7 nitrogen and oxygen atoms in total. The molecule has 1 saturated heterocycles. The van der Waals surface area contributed by atoms with E-state index in [1.807, 2.05) is 44.2 Å².